The predicted octanol–water partition coefficient (Wildman–Crippen LogP) is 2.19. The second kappa shape index (κ2) is 7.30. The second-order valence-corrected chi connectivity index (χ2v) is 4.48. The zero-order chi connectivity index (χ0) is 12.7. The number of hydrogen-bond acceptors (Lipinski definition) is 3. The average molecular weight is 237 g/mol. The quantitative estimate of drug-likeness (QED) is 0.764. The van der Waals surface area contributed by atoms with Crippen molar-refractivity contribution >= 4 is 0 Å². The van der Waals surface area contributed by atoms with Gasteiger partial charge in [-0.1, -0.05) is 32.0 Å². The Hall–Kier alpha value is -1.06. The van der Waals surface area contributed by atoms with Crippen LogP contribution in [0.15, 0.2) is 24.3 Å². The van der Waals surface area contributed by atoms with Crippen LogP contribution in [0.3, 0.4) is 0 Å². The van der Waals surface area contributed by atoms with Crippen molar-refractivity contribution in [1.82, 2.24) is 5.32 Å². The molecule has 0 saturated carbocycles. The largest absolute Gasteiger partial charge is 0.494 e. The fourth-order valence-corrected chi connectivity index (χ4v) is 1.54. The van der Waals surface area contributed by atoms with Crippen LogP contribution in [-0.4, -0.2) is 24.4 Å². The monoisotopic (exact) mass is 237 g/mol. The van der Waals surface area contributed by atoms with Gasteiger partial charge in [0.25, 0.3) is 0 Å². The molecule has 0 aliphatic carbocycles. The maximum Gasteiger partial charge on any atom is 0.123 e. The molecule has 1 atom stereocenters. The first kappa shape index (κ1) is 14.0. The normalized spacial score (nSPS) is 12.8. The fourth-order valence-electron chi connectivity index (χ4n) is 1.54. The highest BCUT2D eigenvalue weighted by molar-refractivity contribution is 5.33. The maximum atomic E-state index is 9.68. The lowest BCUT2D eigenvalue weighted by atomic mass is 10.1. The van der Waals surface area contributed by atoms with E-state index in [1.54, 1.807) is 0 Å². The molecule has 1 aromatic rings. The Morgan fingerprint density at radius 3 is 2.65 bits per heavy atom. The van der Waals surface area contributed by atoms with Crippen LogP contribution in [0.4, 0.5) is 0 Å². The van der Waals surface area contributed by atoms with E-state index < -0.39 is 0 Å². The number of aliphatic hydroxyl groups excluding tert-OH is 1. The number of rotatable bonds is 7. The molecule has 1 unspecified atom stereocenters. The van der Waals surface area contributed by atoms with Gasteiger partial charge in [-0.15, -0.1) is 0 Å². The molecular weight excluding hydrogens is 214 g/mol. The molecule has 0 spiro atoms. The van der Waals surface area contributed by atoms with Crippen molar-refractivity contribution in [2.24, 2.45) is 5.92 Å². The third-order valence-electron chi connectivity index (χ3n) is 2.71. The summed E-state index contributed by atoms with van der Waals surface area (Å²) in [5.74, 6) is 1.20. The number of para-hydroxylation sites is 1. The number of hydrogen-bond donors (Lipinski definition) is 2. The molecule has 0 amide bonds. The highest BCUT2D eigenvalue weighted by Gasteiger charge is 2.08. The zero-order valence-electron chi connectivity index (χ0n) is 10.9. The lowest BCUT2D eigenvalue weighted by Gasteiger charge is -2.16. The molecule has 2 N–H and O–H groups in total. The topological polar surface area (TPSA) is 41.5 Å². The predicted molar refractivity (Wildman–Crippen MR) is 70.2 cm³/mol. The zero-order valence-corrected chi connectivity index (χ0v) is 10.9. The molecule has 0 aromatic heterocycles. The highest BCUT2D eigenvalue weighted by atomic mass is 16.5. The van der Waals surface area contributed by atoms with E-state index in [2.05, 4.69) is 5.32 Å². The molecule has 17 heavy (non-hydrogen) atoms. The van der Waals surface area contributed by atoms with E-state index in [0.717, 1.165) is 17.9 Å². The molecule has 0 radical (unpaired) electrons. The fraction of sp³-hybridized carbons (Fsp3) is 0.571. The van der Waals surface area contributed by atoms with Gasteiger partial charge in [-0.2, -0.15) is 0 Å². The van der Waals surface area contributed by atoms with Gasteiger partial charge in [-0.25, -0.2) is 0 Å². The van der Waals surface area contributed by atoms with Gasteiger partial charge in [0.1, 0.15) is 5.75 Å². The van der Waals surface area contributed by atoms with Crippen LogP contribution in [0, 0.1) is 5.92 Å². The number of ether oxygens (including phenoxy) is 1. The molecule has 0 aliphatic heterocycles. The minimum absolute atomic E-state index is 0.282. The summed E-state index contributed by atoms with van der Waals surface area (Å²) in [5, 5.41) is 12.9. The van der Waals surface area contributed by atoms with Crippen molar-refractivity contribution in [2.45, 2.75) is 33.4 Å². The summed E-state index contributed by atoms with van der Waals surface area (Å²) in [6.07, 6.45) is -0.297. The first-order valence-corrected chi connectivity index (χ1v) is 6.24. The molecule has 1 aromatic carbocycles. The Morgan fingerprint density at radius 1 is 1.29 bits per heavy atom. The van der Waals surface area contributed by atoms with Crippen molar-refractivity contribution in [3.05, 3.63) is 29.8 Å². The van der Waals surface area contributed by atoms with Gasteiger partial charge in [-0.05, 0) is 18.9 Å². The van der Waals surface area contributed by atoms with E-state index in [1.807, 2.05) is 45.0 Å². The maximum absolute atomic E-state index is 9.68. The van der Waals surface area contributed by atoms with Gasteiger partial charge in [0.2, 0.25) is 0 Å². The third kappa shape index (κ3) is 4.75. The smallest absolute Gasteiger partial charge is 0.123 e. The lowest BCUT2D eigenvalue weighted by molar-refractivity contribution is 0.123. The Bertz CT molecular complexity index is 326. The van der Waals surface area contributed by atoms with E-state index in [0.29, 0.717) is 13.2 Å². The van der Waals surface area contributed by atoms with Gasteiger partial charge in [0.15, 0.2) is 0 Å². The summed E-state index contributed by atoms with van der Waals surface area (Å²) >= 11 is 0. The van der Waals surface area contributed by atoms with Crippen LogP contribution in [0.2, 0.25) is 0 Å². The van der Waals surface area contributed by atoms with Crippen LogP contribution in [-0.2, 0) is 6.54 Å². The summed E-state index contributed by atoms with van der Waals surface area (Å²) in [6.45, 7) is 8.01. The summed E-state index contributed by atoms with van der Waals surface area (Å²) in [6, 6.07) is 7.98. The van der Waals surface area contributed by atoms with E-state index in [9.17, 15) is 5.11 Å². The van der Waals surface area contributed by atoms with Gasteiger partial charge in [-0.3, -0.25) is 0 Å². The van der Waals surface area contributed by atoms with Crippen molar-refractivity contribution in [2.75, 3.05) is 13.2 Å². The summed E-state index contributed by atoms with van der Waals surface area (Å²) < 4.78 is 5.54. The second-order valence-electron chi connectivity index (χ2n) is 4.48. The lowest BCUT2D eigenvalue weighted by Crippen LogP contribution is -2.30. The number of benzene rings is 1. The molecule has 0 saturated heterocycles. The third-order valence-corrected chi connectivity index (χ3v) is 2.71. The summed E-state index contributed by atoms with van der Waals surface area (Å²) in [4.78, 5) is 0. The van der Waals surface area contributed by atoms with Gasteiger partial charge in [0, 0.05) is 18.7 Å². The van der Waals surface area contributed by atoms with E-state index >= 15 is 0 Å². The standard InChI is InChI=1S/C14H23NO2/c1-4-17-14-8-6-5-7-12(14)9-15-10-13(16)11(2)3/h5-8,11,13,15-16H,4,9-10H2,1-3H3. The molecule has 96 valence electrons. The SMILES string of the molecule is CCOc1ccccc1CNCC(O)C(C)C. The Morgan fingerprint density at radius 2 is 2.00 bits per heavy atom. The minimum atomic E-state index is -0.297. The van der Waals surface area contributed by atoms with Crippen LogP contribution in [0.25, 0.3) is 0 Å². The molecule has 3 nitrogen and oxygen atoms in total. The molecular formula is C14H23NO2. The molecule has 0 heterocycles. The molecule has 3 heteroatoms. The Kier molecular flexibility index (Phi) is 6.01. The molecule has 0 bridgehead atoms. The molecule has 0 aliphatic rings. The first-order chi connectivity index (χ1) is 8.15. The Labute approximate surface area is 104 Å². The van der Waals surface area contributed by atoms with Crippen molar-refractivity contribution in [1.29, 1.82) is 0 Å². The van der Waals surface area contributed by atoms with E-state index in [-0.39, 0.29) is 12.0 Å². The number of aliphatic hydroxyl groups is 1. The molecule has 1 rings (SSSR count). The van der Waals surface area contributed by atoms with E-state index in [1.165, 1.54) is 0 Å². The Balaban J connectivity index is 2.45. The van der Waals surface area contributed by atoms with Gasteiger partial charge >= 0.3 is 0 Å². The van der Waals surface area contributed by atoms with Crippen molar-refractivity contribution in [3.8, 4) is 5.75 Å². The van der Waals surface area contributed by atoms with Crippen LogP contribution < -0.4 is 10.1 Å². The van der Waals surface area contributed by atoms with Gasteiger partial charge in [0.05, 0.1) is 12.7 Å². The minimum Gasteiger partial charge on any atom is -0.494 e. The molecule has 0 fully saturated rings. The van der Waals surface area contributed by atoms with Crippen LogP contribution in [0.1, 0.15) is 26.3 Å². The average Bonchev–Trinajstić information content (AvgIpc) is 2.31. The van der Waals surface area contributed by atoms with E-state index in [4.69, 9.17) is 4.74 Å². The summed E-state index contributed by atoms with van der Waals surface area (Å²) in [7, 11) is 0. The highest BCUT2D eigenvalue weighted by Crippen LogP contribution is 2.17. The summed E-state index contributed by atoms with van der Waals surface area (Å²) in [5.41, 5.74) is 1.13. The van der Waals surface area contributed by atoms with Crippen LogP contribution in [0.5, 0.6) is 5.75 Å². The van der Waals surface area contributed by atoms with Crippen LogP contribution >= 0.6 is 0 Å². The van der Waals surface area contributed by atoms with Gasteiger partial charge < -0.3 is 15.2 Å². The first-order valence-electron chi connectivity index (χ1n) is 6.24. The number of nitrogens with one attached hydrogen (secondary N) is 1. The van der Waals surface area contributed by atoms with Crippen molar-refractivity contribution < 1.29 is 9.84 Å². The van der Waals surface area contributed by atoms with Crippen molar-refractivity contribution in [3.63, 3.8) is 0 Å².